The Morgan fingerprint density at radius 3 is 2.18 bits per heavy atom. The summed E-state index contributed by atoms with van der Waals surface area (Å²) in [4.78, 5) is 10.00. The minimum absolute atomic E-state index is 0.00694. The van der Waals surface area contributed by atoms with E-state index in [1.54, 1.807) is 6.08 Å². The molecule has 11 heavy (non-hydrogen) atoms. The maximum atomic E-state index is 10.5. The third-order valence-corrected chi connectivity index (χ3v) is 2.62. The molecule has 0 bridgehead atoms. The second-order valence-corrected chi connectivity index (χ2v) is 3.78. The van der Waals surface area contributed by atoms with E-state index in [0.29, 0.717) is 5.92 Å². The number of alkyl halides is 1. The van der Waals surface area contributed by atoms with Gasteiger partial charge in [-0.05, 0) is 5.92 Å². The van der Waals surface area contributed by atoms with E-state index in [9.17, 15) is 4.79 Å². The predicted molar refractivity (Wildman–Crippen MR) is 48.9 cm³/mol. The average Bonchev–Trinajstić information content (AvgIpc) is 1.88. The first-order chi connectivity index (χ1) is 5.00. The highest BCUT2D eigenvalue weighted by molar-refractivity contribution is 9.10. The summed E-state index contributed by atoms with van der Waals surface area (Å²) >= 11 is 3.10. The van der Waals surface area contributed by atoms with Crippen LogP contribution in [0.5, 0.6) is 0 Å². The van der Waals surface area contributed by atoms with Gasteiger partial charge >= 0.3 is 5.97 Å². The lowest BCUT2D eigenvalue weighted by Gasteiger charge is -2.18. The molecule has 3 heteroatoms. The molecule has 0 unspecified atom stereocenters. The van der Waals surface area contributed by atoms with Crippen LogP contribution in [0.15, 0.2) is 12.7 Å². The molecule has 0 fully saturated rings. The zero-order valence-electron chi connectivity index (χ0n) is 6.75. The van der Waals surface area contributed by atoms with Crippen LogP contribution in [0.2, 0.25) is 0 Å². The lowest BCUT2D eigenvalue weighted by molar-refractivity contribution is -0.137. The number of carboxylic acid groups (broad SMARTS) is 1. The third kappa shape index (κ3) is 3.06. The Balaban J connectivity index is 4.25. The first kappa shape index (κ1) is 10.7. The van der Waals surface area contributed by atoms with Crippen LogP contribution in [0.4, 0.5) is 0 Å². The van der Waals surface area contributed by atoms with Crippen LogP contribution >= 0.6 is 15.9 Å². The van der Waals surface area contributed by atoms with Crippen molar-refractivity contribution in [2.24, 2.45) is 11.8 Å². The van der Waals surface area contributed by atoms with E-state index < -0.39 is 10.8 Å². The van der Waals surface area contributed by atoms with E-state index in [-0.39, 0.29) is 5.92 Å². The lowest BCUT2D eigenvalue weighted by atomic mass is 9.93. The fraction of sp³-hybridized carbons (Fsp3) is 0.625. The molecule has 0 radical (unpaired) electrons. The molecular weight excluding hydrogens is 208 g/mol. The molecule has 0 aromatic rings. The zero-order chi connectivity index (χ0) is 9.02. The number of rotatable bonds is 4. The van der Waals surface area contributed by atoms with Crippen molar-refractivity contribution in [2.45, 2.75) is 18.7 Å². The summed E-state index contributed by atoms with van der Waals surface area (Å²) in [5.74, 6) is -0.538. The van der Waals surface area contributed by atoms with Gasteiger partial charge in [-0.2, -0.15) is 0 Å². The lowest BCUT2D eigenvalue weighted by Crippen LogP contribution is -2.25. The van der Waals surface area contributed by atoms with Crippen molar-refractivity contribution in [3.63, 3.8) is 0 Å². The molecule has 0 aromatic carbocycles. The number of allylic oxidation sites excluding steroid dienone is 1. The summed E-state index contributed by atoms with van der Waals surface area (Å²) in [5.41, 5.74) is 0. The van der Waals surface area contributed by atoms with E-state index in [1.807, 2.05) is 13.8 Å². The first-order valence-corrected chi connectivity index (χ1v) is 4.41. The van der Waals surface area contributed by atoms with Gasteiger partial charge in [0.25, 0.3) is 0 Å². The van der Waals surface area contributed by atoms with Gasteiger partial charge in [0.2, 0.25) is 0 Å². The number of hydrogen-bond acceptors (Lipinski definition) is 1. The van der Waals surface area contributed by atoms with Crippen molar-refractivity contribution in [3.8, 4) is 0 Å². The molecule has 0 aliphatic heterocycles. The van der Waals surface area contributed by atoms with Crippen LogP contribution in [0.25, 0.3) is 0 Å². The van der Waals surface area contributed by atoms with Gasteiger partial charge in [-0.25, -0.2) is 0 Å². The van der Waals surface area contributed by atoms with Crippen LogP contribution in [0.1, 0.15) is 13.8 Å². The molecule has 0 aliphatic rings. The van der Waals surface area contributed by atoms with Gasteiger partial charge in [0.05, 0.1) is 0 Å². The maximum absolute atomic E-state index is 10.5. The molecule has 64 valence electrons. The third-order valence-electron chi connectivity index (χ3n) is 1.62. The molecule has 2 nitrogen and oxygen atoms in total. The van der Waals surface area contributed by atoms with E-state index in [2.05, 4.69) is 22.5 Å². The minimum atomic E-state index is -0.830. The Labute approximate surface area is 75.4 Å². The summed E-state index contributed by atoms with van der Waals surface area (Å²) in [6, 6.07) is 0. The smallest absolute Gasteiger partial charge is 0.317 e. The second kappa shape index (κ2) is 4.54. The molecule has 0 aromatic heterocycles. The summed E-state index contributed by atoms with van der Waals surface area (Å²) < 4.78 is 0. The molecule has 0 spiro atoms. The Hall–Kier alpha value is -0.310. The minimum Gasteiger partial charge on any atom is -0.480 e. The van der Waals surface area contributed by atoms with Gasteiger partial charge in [0.15, 0.2) is 0 Å². The highest BCUT2D eigenvalue weighted by Crippen LogP contribution is 2.22. The van der Waals surface area contributed by atoms with Crippen molar-refractivity contribution >= 4 is 21.9 Å². The average molecular weight is 221 g/mol. The molecule has 0 amide bonds. The monoisotopic (exact) mass is 220 g/mol. The molecule has 0 saturated heterocycles. The number of carbonyl (C=O) groups is 1. The Morgan fingerprint density at radius 1 is 1.64 bits per heavy atom. The van der Waals surface area contributed by atoms with Gasteiger partial charge in [-0.1, -0.05) is 35.9 Å². The van der Waals surface area contributed by atoms with E-state index >= 15 is 0 Å². The van der Waals surface area contributed by atoms with Crippen LogP contribution in [0, 0.1) is 11.8 Å². The number of aliphatic carboxylic acids is 1. The highest BCUT2D eigenvalue weighted by Gasteiger charge is 2.24. The van der Waals surface area contributed by atoms with Crippen molar-refractivity contribution in [1.82, 2.24) is 0 Å². The second-order valence-electron chi connectivity index (χ2n) is 2.80. The van der Waals surface area contributed by atoms with Crippen LogP contribution < -0.4 is 0 Å². The van der Waals surface area contributed by atoms with Crippen LogP contribution in [-0.4, -0.2) is 15.9 Å². The molecule has 0 saturated carbocycles. The molecule has 1 N–H and O–H groups in total. The largest absolute Gasteiger partial charge is 0.480 e. The molecule has 0 aliphatic carbocycles. The van der Waals surface area contributed by atoms with Gasteiger partial charge < -0.3 is 5.11 Å². The normalized spacial score (nSPS) is 16.0. The molecule has 0 heterocycles. The highest BCUT2D eigenvalue weighted by atomic mass is 79.9. The Bertz CT molecular complexity index is 154. The summed E-state index contributed by atoms with van der Waals surface area (Å²) in [5, 5.41) is 8.64. The van der Waals surface area contributed by atoms with Gasteiger partial charge in [0, 0.05) is 5.92 Å². The summed E-state index contributed by atoms with van der Waals surface area (Å²) in [6.45, 7) is 7.54. The zero-order valence-corrected chi connectivity index (χ0v) is 8.34. The maximum Gasteiger partial charge on any atom is 0.317 e. The Morgan fingerprint density at radius 2 is 2.09 bits per heavy atom. The fourth-order valence-electron chi connectivity index (χ4n) is 0.894. The first-order valence-electron chi connectivity index (χ1n) is 3.50. The van der Waals surface area contributed by atoms with Crippen LogP contribution in [-0.2, 0) is 4.79 Å². The quantitative estimate of drug-likeness (QED) is 0.584. The number of halogens is 1. The van der Waals surface area contributed by atoms with E-state index in [4.69, 9.17) is 5.11 Å². The summed E-state index contributed by atoms with van der Waals surface area (Å²) in [7, 11) is 0. The topological polar surface area (TPSA) is 37.3 Å². The fourth-order valence-corrected chi connectivity index (χ4v) is 1.72. The van der Waals surface area contributed by atoms with Gasteiger partial charge in [-0.3, -0.25) is 4.79 Å². The molecule has 2 atom stereocenters. The van der Waals surface area contributed by atoms with Gasteiger partial charge in [-0.15, -0.1) is 6.58 Å². The summed E-state index contributed by atoms with van der Waals surface area (Å²) in [6.07, 6.45) is 1.68. The Kier molecular flexibility index (Phi) is 4.42. The molecular formula is C8H13BrO2. The van der Waals surface area contributed by atoms with Crippen LogP contribution in [0.3, 0.4) is 0 Å². The standard InChI is InChI=1S/C8H13BrO2/c1-4-6(5(2)3)7(9)8(10)11/h4-7H,1H2,2-3H3,(H,10,11)/t6-,7-/m1/s1. The van der Waals surface area contributed by atoms with Gasteiger partial charge in [0.1, 0.15) is 4.83 Å². The number of carboxylic acids is 1. The van der Waals surface area contributed by atoms with Crippen molar-refractivity contribution in [3.05, 3.63) is 12.7 Å². The van der Waals surface area contributed by atoms with Crippen molar-refractivity contribution in [2.75, 3.05) is 0 Å². The van der Waals surface area contributed by atoms with E-state index in [0.717, 1.165) is 0 Å². The SMILES string of the molecule is C=C[C@H](C(C)C)[C@@H](Br)C(=O)O. The van der Waals surface area contributed by atoms with Crippen molar-refractivity contribution in [1.29, 1.82) is 0 Å². The van der Waals surface area contributed by atoms with Crippen molar-refractivity contribution < 1.29 is 9.90 Å². The molecule has 0 rings (SSSR count). The predicted octanol–water partition coefficient (Wildman–Crippen LogP) is 2.29. The van der Waals surface area contributed by atoms with E-state index in [1.165, 1.54) is 0 Å². The number of hydrogen-bond donors (Lipinski definition) is 1.